The fraction of sp³-hybridized carbons (Fsp3) is 0.0625. The summed E-state index contributed by atoms with van der Waals surface area (Å²) in [6.45, 7) is 0. The van der Waals surface area contributed by atoms with Crippen LogP contribution < -0.4 is 0 Å². The molecule has 0 atom stereocenters. The SMILES string of the molecule is Brc1cnc2nnc(Cc3ccc4ncccc4c3)cc2n1. The predicted molar refractivity (Wildman–Crippen MR) is 87.4 cm³/mol. The van der Waals surface area contributed by atoms with E-state index in [2.05, 4.69) is 59.3 Å². The molecule has 4 aromatic rings. The summed E-state index contributed by atoms with van der Waals surface area (Å²) in [5.74, 6) is 0. The van der Waals surface area contributed by atoms with E-state index >= 15 is 0 Å². The molecule has 0 saturated heterocycles. The highest BCUT2D eigenvalue weighted by molar-refractivity contribution is 9.10. The Morgan fingerprint density at radius 3 is 2.86 bits per heavy atom. The van der Waals surface area contributed by atoms with Gasteiger partial charge in [-0.1, -0.05) is 12.1 Å². The average molecular weight is 352 g/mol. The smallest absolute Gasteiger partial charge is 0.200 e. The molecule has 3 aromatic heterocycles. The van der Waals surface area contributed by atoms with E-state index in [-0.39, 0.29) is 0 Å². The molecule has 1 aromatic carbocycles. The summed E-state index contributed by atoms with van der Waals surface area (Å²) in [5.41, 5.74) is 4.31. The van der Waals surface area contributed by atoms with E-state index in [1.807, 2.05) is 18.2 Å². The van der Waals surface area contributed by atoms with Crippen molar-refractivity contribution in [2.75, 3.05) is 0 Å². The number of aromatic nitrogens is 5. The molecule has 3 heterocycles. The molecular formula is C16H10BrN5. The lowest BCUT2D eigenvalue weighted by atomic mass is 10.1. The Hall–Kier alpha value is -2.47. The normalized spacial score (nSPS) is 11.1. The largest absolute Gasteiger partial charge is 0.256 e. The van der Waals surface area contributed by atoms with Gasteiger partial charge in [-0.3, -0.25) is 4.98 Å². The standard InChI is InChI=1S/C16H10BrN5/c17-15-9-19-16-14(20-15)8-12(21-22-16)7-10-3-4-13-11(6-10)2-1-5-18-13/h1-6,8-9H,7H2. The Labute approximate surface area is 134 Å². The number of benzene rings is 1. The predicted octanol–water partition coefficient (Wildman–Crippen LogP) is 3.32. The third kappa shape index (κ3) is 2.53. The lowest BCUT2D eigenvalue weighted by Crippen LogP contribution is -1.98. The Morgan fingerprint density at radius 2 is 1.91 bits per heavy atom. The van der Waals surface area contributed by atoms with Gasteiger partial charge >= 0.3 is 0 Å². The van der Waals surface area contributed by atoms with Gasteiger partial charge in [0.2, 0.25) is 5.65 Å². The Bertz CT molecular complexity index is 986. The van der Waals surface area contributed by atoms with Gasteiger partial charge in [-0.15, -0.1) is 5.10 Å². The second kappa shape index (κ2) is 5.38. The van der Waals surface area contributed by atoms with E-state index in [1.54, 1.807) is 12.4 Å². The van der Waals surface area contributed by atoms with Crippen LogP contribution in [0.2, 0.25) is 0 Å². The highest BCUT2D eigenvalue weighted by Gasteiger charge is 2.05. The zero-order valence-electron chi connectivity index (χ0n) is 11.4. The van der Waals surface area contributed by atoms with Gasteiger partial charge in [0.25, 0.3) is 0 Å². The second-order valence-electron chi connectivity index (χ2n) is 4.94. The third-order valence-corrected chi connectivity index (χ3v) is 3.76. The third-order valence-electron chi connectivity index (χ3n) is 3.38. The Balaban J connectivity index is 1.72. The molecule has 5 nitrogen and oxygen atoms in total. The van der Waals surface area contributed by atoms with Crippen molar-refractivity contribution in [1.82, 2.24) is 25.1 Å². The Kier molecular flexibility index (Phi) is 3.23. The van der Waals surface area contributed by atoms with E-state index < -0.39 is 0 Å². The number of rotatable bonds is 2. The summed E-state index contributed by atoms with van der Waals surface area (Å²) < 4.78 is 0.690. The molecule has 0 aliphatic carbocycles. The van der Waals surface area contributed by atoms with Gasteiger partial charge in [0.05, 0.1) is 17.4 Å². The summed E-state index contributed by atoms with van der Waals surface area (Å²) >= 11 is 3.32. The van der Waals surface area contributed by atoms with Crippen LogP contribution in [0.25, 0.3) is 22.1 Å². The molecule has 0 spiro atoms. The molecule has 22 heavy (non-hydrogen) atoms. The molecule has 0 unspecified atom stereocenters. The number of fused-ring (bicyclic) bond motifs is 2. The van der Waals surface area contributed by atoms with Gasteiger partial charge in [0.15, 0.2) is 0 Å². The summed E-state index contributed by atoms with van der Waals surface area (Å²) in [6, 6.07) is 12.1. The van der Waals surface area contributed by atoms with Crippen molar-refractivity contribution in [3.63, 3.8) is 0 Å². The van der Waals surface area contributed by atoms with E-state index in [1.165, 1.54) is 0 Å². The van der Waals surface area contributed by atoms with Gasteiger partial charge in [0.1, 0.15) is 10.1 Å². The van der Waals surface area contributed by atoms with Crippen LogP contribution in [0.3, 0.4) is 0 Å². The maximum Gasteiger partial charge on any atom is 0.200 e. The number of hydrogen-bond donors (Lipinski definition) is 0. The van der Waals surface area contributed by atoms with Crippen LogP contribution >= 0.6 is 15.9 Å². The van der Waals surface area contributed by atoms with Crippen molar-refractivity contribution in [2.45, 2.75) is 6.42 Å². The first-order valence-electron chi connectivity index (χ1n) is 6.76. The lowest BCUT2D eigenvalue weighted by molar-refractivity contribution is 0.947. The summed E-state index contributed by atoms with van der Waals surface area (Å²) in [7, 11) is 0. The molecule has 6 heteroatoms. The monoisotopic (exact) mass is 351 g/mol. The lowest BCUT2D eigenvalue weighted by Gasteiger charge is -2.04. The van der Waals surface area contributed by atoms with Gasteiger partial charge in [-0.25, -0.2) is 9.97 Å². The topological polar surface area (TPSA) is 64.5 Å². The van der Waals surface area contributed by atoms with Gasteiger partial charge in [-0.05, 0) is 45.8 Å². The minimum atomic E-state index is 0.551. The van der Waals surface area contributed by atoms with Crippen molar-refractivity contribution in [1.29, 1.82) is 0 Å². The van der Waals surface area contributed by atoms with Gasteiger partial charge in [0, 0.05) is 18.0 Å². The summed E-state index contributed by atoms with van der Waals surface area (Å²) in [4.78, 5) is 12.9. The van der Waals surface area contributed by atoms with E-state index in [0.717, 1.165) is 27.7 Å². The molecule has 0 bridgehead atoms. The minimum absolute atomic E-state index is 0.551. The Morgan fingerprint density at radius 1 is 0.955 bits per heavy atom. The number of halogens is 1. The number of pyridine rings is 1. The number of nitrogens with zero attached hydrogens (tertiary/aromatic N) is 5. The van der Waals surface area contributed by atoms with Crippen molar-refractivity contribution in [3.8, 4) is 0 Å². The molecule has 0 N–H and O–H groups in total. The van der Waals surface area contributed by atoms with Gasteiger partial charge in [-0.2, -0.15) is 5.10 Å². The maximum absolute atomic E-state index is 4.37. The van der Waals surface area contributed by atoms with Crippen LogP contribution in [0.1, 0.15) is 11.3 Å². The molecule has 0 aliphatic rings. The van der Waals surface area contributed by atoms with E-state index in [9.17, 15) is 0 Å². The first-order chi connectivity index (χ1) is 10.8. The van der Waals surface area contributed by atoms with E-state index in [4.69, 9.17) is 0 Å². The summed E-state index contributed by atoms with van der Waals surface area (Å²) in [5, 5.41) is 9.47. The zero-order valence-corrected chi connectivity index (χ0v) is 13.0. The minimum Gasteiger partial charge on any atom is -0.256 e. The molecule has 4 rings (SSSR count). The molecule has 0 amide bonds. The van der Waals surface area contributed by atoms with Crippen molar-refractivity contribution in [2.24, 2.45) is 0 Å². The number of hydrogen-bond acceptors (Lipinski definition) is 5. The average Bonchev–Trinajstić information content (AvgIpc) is 2.54. The van der Waals surface area contributed by atoms with Crippen LogP contribution in [0.15, 0.2) is 53.4 Å². The van der Waals surface area contributed by atoms with E-state index in [0.29, 0.717) is 16.7 Å². The zero-order chi connectivity index (χ0) is 14.9. The second-order valence-corrected chi connectivity index (χ2v) is 5.76. The highest BCUT2D eigenvalue weighted by atomic mass is 79.9. The fourth-order valence-electron chi connectivity index (χ4n) is 2.38. The first kappa shape index (κ1) is 13.2. The van der Waals surface area contributed by atoms with Crippen molar-refractivity contribution >= 4 is 38.0 Å². The van der Waals surface area contributed by atoms with Crippen LogP contribution in [-0.4, -0.2) is 25.1 Å². The van der Waals surface area contributed by atoms with Crippen molar-refractivity contribution < 1.29 is 0 Å². The molecule has 0 radical (unpaired) electrons. The van der Waals surface area contributed by atoms with Crippen LogP contribution in [0.5, 0.6) is 0 Å². The highest BCUT2D eigenvalue weighted by Crippen LogP contribution is 2.17. The molecular weight excluding hydrogens is 342 g/mol. The van der Waals surface area contributed by atoms with Crippen molar-refractivity contribution in [3.05, 3.63) is 64.7 Å². The molecule has 0 fully saturated rings. The fourth-order valence-corrected chi connectivity index (χ4v) is 2.67. The quantitative estimate of drug-likeness (QED) is 0.554. The molecule has 0 saturated carbocycles. The van der Waals surface area contributed by atoms with Crippen LogP contribution in [0, 0.1) is 0 Å². The van der Waals surface area contributed by atoms with Crippen LogP contribution in [0.4, 0.5) is 0 Å². The molecule has 0 aliphatic heterocycles. The molecule has 106 valence electrons. The first-order valence-corrected chi connectivity index (χ1v) is 7.56. The maximum atomic E-state index is 4.37. The van der Waals surface area contributed by atoms with Gasteiger partial charge < -0.3 is 0 Å². The van der Waals surface area contributed by atoms with Crippen LogP contribution in [-0.2, 0) is 6.42 Å². The summed E-state index contributed by atoms with van der Waals surface area (Å²) in [6.07, 6.45) is 4.11.